The van der Waals surface area contributed by atoms with Crippen molar-refractivity contribution in [2.24, 2.45) is 11.3 Å². The van der Waals surface area contributed by atoms with Crippen LogP contribution in [0.2, 0.25) is 0 Å². The molecule has 0 aromatic rings. The van der Waals surface area contributed by atoms with Gasteiger partial charge in [0.1, 0.15) is 0 Å². The summed E-state index contributed by atoms with van der Waals surface area (Å²) in [6.07, 6.45) is 0. The predicted octanol–water partition coefficient (Wildman–Crippen LogP) is 2.87. The molecule has 0 aromatic heterocycles. The Bertz CT molecular complexity index is 64.8. The van der Waals surface area contributed by atoms with Crippen LogP contribution in [0, 0.1) is 11.3 Å². The third kappa shape index (κ3) is 2.08. The SMILES string of the molecule is CC(C)C(C)(C)C[S]. The first-order valence-electron chi connectivity index (χ1n) is 3.09. The molecular weight excluding hydrogens is 116 g/mol. The Morgan fingerprint density at radius 1 is 1.38 bits per heavy atom. The topological polar surface area (TPSA) is 0 Å². The van der Waals surface area contributed by atoms with Crippen LogP contribution < -0.4 is 0 Å². The van der Waals surface area contributed by atoms with Gasteiger partial charge in [0.2, 0.25) is 0 Å². The van der Waals surface area contributed by atoms with Gasteiger partial charge >= 0.3 is 0 Å². The molecule has 0 bridgehead atoms. The quantitative estimate of drug-likeness (QED) is 0.540. The van der Waals surface area contributed by atoms with Crippen molar-refractivity contribution in [3.8, 4) is 0 Å². The van der Waals surface area contributed by atoms with E-state index in [9.17, 15) is 0 Å². The fraction of sp³-hybridized carbons (Fsp3) is 1.00. The lowest BCUT2D eigenvalue weighted by atomic mass is 9.83. The van der Waals surface area contributed by atoms with Crippen LogP contribution in [0.4, 0.5) is 0 Å². The highest BCUT2D eigenvalue weighted by atomic mass is 32.1. The van der Waals surface area contributed by atoms with E-state index >= 15 is 0 Å². The molecule has 0 rings (SSSR count). The highest BCUT2D eigenvalue weighted by molar-refractivity contribution is 7.80. The molecule has 0 aliphatic carbocycles. The van der Waals surface area contributed by atoms with E-state index in [0.717, 1.165) is 5.75 Å². The average Bonchev–Trinajstić information content (AvgIpc) is 1.67. The molecule has 0 aromatic carbocycles. The summed E-state index contributed by atoms with van der Waals surface area (Å²) < 4.78 is 0. The number of hydrogen-bond acceptors (Lipinski definition) is 0. The maximum atomic E-state index is 4.96. The van der Waals surface area contributed by atoms with E-state index in [-0.39, 0.29) is 0 Å². The van der Waals surface area contributed by atoms with Gasteiger partial charge in [-0.15, -0.1) is 0 Å². The molecule has 0 saturated carbocycles. The van der Waals surface area contributed by atoms with Crippen LogP contribution in [-0.4, -0.2) is 5.75 Å². The lowest BCUT2D eigenvalue weighted by Gasteiger charge is -2.25. The third-order valence-electron chi connectivity index (χ3n) is 1.93. The molecule has 0 aliphatic rings. The second kappa shape index (κ2) is 2.77. The van der Waals surface area contributed by atoms with Gasteiger partial charge in [0.25, 0.3) is 0 Å². The van der Waals surface area contributed by atoms with Gasteiger partial charge in [0.05, 0.1) is 0 Å². The summed E-state index contributed by atoms with van der Waals surface area (Å²) >= 11 is 4.96. The van der Waals surface area contributed by atoms with E-state index in [0.29, 0.717) is 11.3 Å². The van der Waals surface area contributed by atoms with Crippen LogP contribution in [-0.2, 0) is 0 Å². The minimum absolute atomic E-state index is 0.356. The van der Waals surface area contributed by atoms with Crippen molar-refractivity contribution >= 4 is 12.6 Å². The predicted molar refractivity (Wildman–Crippen MR) is 41.1 cm³/mol. The Labute approximate surface area is 58.1 Å². The van der Waals surface area contributed by atoms with Crippen molar-refractivity contribution in [3.63, 3.8) is 0 Å². The molecule has 49 valence electrons. The van der Waals surface area contributed by atoms with Gasteiger partial charge in [-0.1, -0.05) is 40.3 Å². The largest absolute Gasteiger partial charge is 0.0936 e. The van der Waals surface area contributed by atoms with Crippen LogP contribution in [0.15, 0.2) is 0 Å². The average molecular weight is 131 g/mol. The van der Waals surface area contributed by atoms with Gasteiger partial charge in [-0.25, -0.2) is 0 Å². The van der Waals surface area contributed by atoms with Crippen molar-refractivity contribution < 1.29 is 0 Å². The molecule has 0 heterocycles. The molecule has 0 saturated heterocycles. The van der Waals surface area contributed by atoms with Crippen LogP contribution >= 0.6 is 12.6 Å². The van der Waals surface area contributed by atoms with Gasteiger partial charge in [0, 0.05) is 5.75 Å². The summed E-state index contributed by atoms with van der Waals surface area (Å²) in [5.74, 6) is 1.57. The van der Waals surface area contributed by atoms with Crippen molar-refractivity contribution in [3.05, 3.63) is 0 Å². The van der Waals surface area contributed by atoms with Crippen LogP contribution in [0.1, 0.15) is 27.7 Å². The van der Waals surface area contributed by atoms with Crippen LogP contribution in [0.25, 0.3) is 0 Å². The standard InChI is InChI=1S/C7H15S/c1-6(2)7(3,4)5-8/h6H,5H2,1-4H3. The Morgan fingerprint density at radius 3 is 1.75 bits per heavy atom. The number of hydrogen-bond donors (Lipinski definition) is 0. The van der Waals surface area contributed by atoms with E-state index in [1.165, 1.54) is 0 Å². The van der Waals surface area contributed by atoms with Crippen molar-refractivity contribution in [1.82, 2.24) is 0 Å². The van der Waals surface area contributed by atoms with E-state index in [1.54, 1.807) is 0 Å². The maximum absolute atomic E-state index is 4.96. The van der Waals surface area contributed by atoms with Crippen LogP contribution in [0.3, 0.4) is 0 Å². The van der Waals surface area contributed by atoms with Gasteiger partial charge in [0.15, 0.2) is 0 Å². The summed E-state index contributed by atoms with van der Waals surface area (Å²) in [7, 11) is 0. The smallest absolute Gasteiger partial charge is 0.00907 e. The second-order valence-corrected chi connectivity index (χ2v) is 3.58. The monoisotopic (exact) mass is 131 g/mol. The molecule has 0 amide bonds. The van der Waals surface area contributed by atoms with E-state index < -0.39 is 0 Å². The number of rotatable bonds is 2. The highest BCUT2D eigenvalue weighted by Gasteiger charge is 2.19. The summed E-state index contributed by atoms with van der Waals surface area (Å²) in [4.78, 5) is 0. The van der Waals surface area contributed by atoms with E-state index in [4.69, 9.17) is 12.6 Å². The molecular formula is C7H15S. The molecule has 0 aliphatic heterocycles. The van der Waals surface area contributed by atoms with Crippen molar-refractivity contribution in [2.45, 2.75) is 27.7 Å². The molecule has 1 radical (unpaired) electrons. The van der Waals surface area contributed by atoms with E-state index in [1.807, 2.05) is 0 Å². The first kappa shape index (κ1) is 8.35. The Balaban J connectivity index is 3.71. The Kier molecular flexibility index (Phi) is 2.89. The summed E-state index contributed by atoms with van der Waals surface area (Å²) in [5, 5.41) is 0. The zero-order valence-electron chi connectivity index (χ0n) is 6.19. The van der Waals surface area contributed by atoms with Gasteiger partial charge in [-0.2, -0.15) is 0 Å². The van der Waals surface area contributed by atoms with Gasteiger partial charge < -0.3 is 0 Å². The summed E-state index contributed by atoms with van der Waals surface area (Å²) in [6.45, 7) is 8.86. The van der Waals surface area contributed by atoms with Crippen LogP contribution in [0.5, 0.6) is 0 Å². The van der Waals surface area contributed by atoms with Gasteiger partial charge in [-0.05, 0) is 11.3 Å². The van der Waals surface area contributed by atoms with E-state index in [2.05, 4.69) is 27.7 Å². The maximum Gasteiger partial charge on any atom is 0.00907 e. The molecule has 0 nitrogen and oxygen atoms in total. The molecule has 0 spiro atoms. The van der Waals surface area contributed by atoms with Crippen molar-refractivity contribution in [1.29, 1.82) is 0 Å². The minimum atomic E-state index is 0.356. The fourth-order valence-corrected chi connectivity index (χ4v) is 0.500. The van der Waals surface area contributed by atoms with Crippen molar-refractivity contribution in [2.75, 3.05) is 5.75 Å². The summed E-state index contributed by atoms with van der Waals surface area (Å²) in [6, 6.07) is 0. The first-order chi connectivity index (χ1) is 3.50. The minimum Gasteiger partial charge on any atom is -0.0936 e. The Morgan fingerprint density at radius 2 is 1.75 bits per heavy atom. The van der Waals surface area contributed by atoms with Gasteiger partial charge in [-0.3, -0.25) is 0 Å². The summed E-state index contributed by atoms with van der Waals surface area (Å²) in [5.41, 5.74) is 0.356. The second-order valence-electron chi connectivity index (χ2n) is 3.29. The first-order valence-corrected chi connectivity index (χ1v) is 3.66. The fourth-order valence-electron chi connectivity index (χ4n) is 0.167. The molecule has 0 unspecified atom stereocenters. The normalized spacial score (nSPS) is 12.8. The molecule has 8 heavy (non-hydrogen) atoms. The zero-order chi connectivity index (χ0) is 6.78. The molecule has 1 heteroatoms. The highest BCUT2D eigenvalue weighted by Crippen LogP contribution is 2.26. The zero-order valence-corrected chi connectivity index (χ0v) is 7.01. The molecule has 0 N–H and O–H groups in total. The molecule has 0 fully saturated rings. The Hall–Kier alpha value is 0.350. The lowest BCUT2D eigenvalue weighted by Crippen LogP contribution is -2.20. The lowest BCUT2D eigenvalue weighted by molar-refractivity contribution is 0.292. The molecule has 0 atom stereocenters. The third-order valence-corrected chi connectivity index (χ3v) is 2.68.